The molecule has 0 spiro atoms. The maximum atomic E-state index is 5.60. The highest BCUT2D eigenvalue weighted by molar-refractivity contribution is 6.17. The van der Waals surface area contributed by atoms with Crippen molar-refractivity contribution in [2.75, 3.05) is 5.88 Å². The molecular weight excluding hydrogens is 196 g/mol. The molecule has 0 atom stereocenters. The molecule has 0 aliphatic heterocycles. The number of alkyl halides is 1. The van der Waals surface area contributed by atoms with Crippen molar-refractivity contribution < 1.29 is 0 Å². The number of imidazole rings is 1. The molecule has 1 aromatic rings. The summed E-state index contributed by atoms with van der Waals surface area (Å²) < 4.78 is 2.14. The van der Waals surface area contributed by atoms with Gasteiger partial charge in [-0.3, -0.25) is 0 Å². The molecule has 1 rings (SSSR count). The van der Waals surface area contributed by atoms with Crippen LogP contribution >= 0.6 is 11.6 Å². The first-order valence-corrected chi connectivity index (χ1v) is 5.98. The summed E-state index contributed by atoms with van der Waals surface area (Å²) in [6, 6.07) is 0. The minimum Gasteiger partial charge on any atom is -0.337 e. The third-order valence-electron chi connectivity index (χ3n) is 2.36. The maximum Gasteiger partial charge on any atom is 0.0945 e. The molecule has 3 heteroatoms. The van der Waals surface area contributed by atoms with Crippen LogP contribution in [0.15, 0.2) is 18.7 Å². The summed E-state index contributed by atoms with van der Waals surface area (Å²) in [6.45, 7) is 1.11. The highest BCUT2D eigenvalue weighted by Crippen LogP contribution is 2.06. The molecule has 14 heavy (non-hydrogen) atoms. The second kappa shape index (κ2) is 7.86. The fraction of sp³-hybridized carbons (Fsp3) is 0.727. The van der Waals surface area contributed by atoms with E-state index in [-0.39, 0.29) is 0 Å². The Labute approximate surface area is 91.3 Å². The van der Waals surface area contributed by atoms with E-state index < -0.39 is 0 Å². The lowest BCUT2D eigenvalue weighted by molar-refractivity contribution is 0.558. The van der Waals surface area contributed by atoms with Gasteiger partial charge in [-0.1, -0.05) is 25.7 Å². The van der Waals surface area contributed by atoms with Crippen LogP contribution in [0.5, 0.6) is 0 Å². The number of rotatable bonds is 8. The number of unbranched alkanes of at least 4 members (excludes halogenated alkanes) is 5. The van der Waals surface area contributed by atoms with Crippen molar-refractivity contribution >= 4 is 11.6 Å². The van der Waals surface area contributed by atoms with Crippen molar-refractivity contribution in [3.8, 4) is 0 Å². The van der Waals surface area contributed by atoms with Crippen LogP contribution < -0.4 is 0 Å². The maximum absolute atomic E-state index is 5.60. The molecule has 0 radical (unpaired) electrons. The number of aromatic nitrogens is 2. The second-order valence-corrected chi connectivity index (χ2v) is 3.99. The SMILES string of the molecule is ClCCCCCCCCn1ccnc1. The quantitative estimate of drug-likeness (QED) is 0.479. The van der Waals surface area contributed by atoms with E-state index in [1.54, 1.807) is 0 Å². The Morgan fingerprint density at radius 1 is 1.00 bits per heavy atom. The molecule has 0 amide bonds. The van der Waals surface area contributed by atoms with Gasteiger partial charge in [0.1, 0.15) is 0 Å². The van der Waals surface area contributed by atoms with Crippen molar-refractivity contribution in [2.24, 2.45) is 0 Å². The van der Waals surface area contributed by atoms with Crippen molar-refractivity contribution in [2.45, 2.75) is 45.1 Å². The van der Waals surface area contributed by atoms with Crippen LogP contribution in [-0.4, -0.2) is 15.4 Å². The highest BCUT2D eigenvalue weighted by atomic mass is 35.5. The van der Waals surface area contributed by atoms with Crippen molar-refractivity contribution in [3.63, 3.8) is 0 Å². The number of halogens is 1. The van der Waals surface area contributed by atoms with E-state index in [0.717, 1.165) is 12.4 Å². The van der Waals surface area contributed by atoms with Gasteiger partial charge >= 0.3 is 0 Å². The van der Waals surface area contributed by atoms with E-state index in [2.05, 4.69) is 9.55 Å². The molecule has 0 bridgehead atoms. The molecular formula is C11H19ClN2. The van der Waals surface area contributed by atoms with Gasteiger partial charge < -0.3 is 4.57 Å². The van der Waals surface area contributed by atoms with Gasteiger partial charge in [-0.15, -0.1) is 11.6 Å². The first-order valence-electron chi connectivity index (χ1n) is 5.45. The van der Waals surface area contributed by atoms with Gasteiger partial charge in [-0.25, -0.2) is 4.98 Å². The van der Waals surface area contributed by atoms with Crippen molar-refractivity contribution in [1.82, 2.24) is 9.55 Å². The molecule has 1 aromatic heterocycles. The summed E-state index contributed by atoms with van der Waals surface area (Å²) in [7, 11) is 0. The van der Waals surface area contributed by atoms with Crippen LogP contribution in [0.4, 0.5) is 0 Å². The molecule has 0 saturated heterocycles. The molecule has 2 nitrogen and oxygen atoms in total. The summed E-state index contributed by atoms with van der Waals surface area (Å²) in [5, 5.41) is 0. The van der Waals surface area contributed by atoms with E-state index >= 15 is 0 Å². The summed E-state index contributed by atoms with van der Waals surface area (Å²) in [6.07, 6.45) is 13.4. The molecule has 0 aromatic carbocycles. The van der Waals surface area contributed by atoms with Crippen molar-refractivity contribution in [1.29, 1.82) is 0 Å². The van der Waals surface area contributed by atoms with E-state index in [9.17, 15) is 0 Å². The van der Waals surface area contributed by atoms with E-state index in [1.165, 1.54) is 38.5 Å². The molecule has 0 aliphatic carbocycles. The Morgan fingerprint density at radius 3 is 2.36 bits per heavy atom. The zero-order chi connectivity index (χ0) is 10.1. The van der Waals surface area contributed by atoms with Crippen LogP contribution in [0.3, 0.4) is 0 Å². The van der Waals surface area contributed by atoms with Crippen LogP contribution in [0.25, 0.3) is 0 Å². The summed E-state index contributed by atoms with van der Waals surface area (Å²) in [4.78, 5) is 4.01. The topological polar surface area (TPSA) is 17.8 Å². The van der Waals surface area contributed by atoms with E-state index in [1.807, 2.05) is 18.7 Å². The Hall–Kier alpha value is -0.500. The average molecular weight is 215 g/mol. The Bertz CT molecular complexity index is 209. The Kier molecular flexibility index (Phi) is 6.50. The Balaban J connectivity index is 1.85. The largest absolute Gasteiger partial charge is 0.337 e. The lowest BCUT2D eigenvalue weighted by Crippen LogP contribution is -1.93. The zero-order valence-corrected chi connectivity index (χ0v) is 9.42. The van der Waals surface area contributed by atoms with Crippen LogP contribution in [0.2, 0.25) is 0 Å². The lowest BCUT2D eigenvalue weighted by atomic mass is 10.1. The molecule has 0 fully saturated rings. The number of hydrogen-bond donors (Lipinski definition) is 0. The summed E-state index contributed by atoms with van der Waals surface area (Å²) >= 11 is 5.60. The second-order valence-electron chi connectivity index (χ2n) is 3.61. The fourth-order valence-corrected chi connectivity index (χ4v) is 1.70. The first-order chi connectivity index (χ1) is 6.93. The molecule has 0 unspecified atom stereocenters. The number of nitrogens with zero attached hydrogens (tertiary/aromatic N) is 2. The van der Waals surface area contributed by atoms with Gasteiger partial charge in [-0.2, -0.15) is 0 Å². The van der Waals surface area contributed by atoms with Crippen LogP contribution in [0.1, 0.15) is 38.5 Å². The molecule has 0 N–H and O–H groups in total. The van der Waals surface area contributed by atoms with Gasteiger partial charge in [0.05, 0.1) is 6.33 Å². The summed E-state index contributed by atoms with van der Waals surface area (Å²) in [5.41, 5.74) is 0. The van der Waals surface area contributed by atoms with Crippen LogP contribution in [-0.2, 0) is 6.54 Å². The van der Waals surface area contributed by atoms with Gasteiger partial charge in [0, 0.05) is 24.8 Å². The van der Waals surface area contributed by atoms with E-state index in [4.69, 9.17) is 11.6 Å². The average Bonchev–Trinajstić information content (AvgIpc) is 2.69. The van der Waals surface area contributed by atoms with Crippen molar-refractivity contribution in [3.05, 3.63) is 18.7 Å². The zero-order valence-electron chi connectivity index (χ0n) is 8.66. The van der Waals surface area contributed by atoms with E-state index in [0.29, 0.717) is 0 Å². The third kappa shape index (κ3) is 5.28. The number of hydrogen-bond acceptors (Lipinski definition) is 1. The minimum atomic E-state index is 0.815. The molecule has 80 valence electrons. The Morgan fingerprint density at radius 2 is 1.71 bits per heavy atom. The first kappa shape index (κ1) is 11.6. The number of aryl methyl sites for hydroxylation is 1. The highest BCUT2D eigenvalue weighted by Gasteiger charge is 1.92. The van der Waals surface area contributed by atoms with Gasteiger partial charge in [0.2, 0.25) is 0 Å². The molecule has 1 heterocycles. The minimum absolute atomic E-state index is 0.815. The van der Waals surface area contributed by atoms with Gasteiger partial charge in [0.15, 0.2) is 0 Å². The monoisotopic (exact) mass is 214 g/mol. The predicted molar refractivity (Wildman–Crippen MR) is 60.6 cm³/mol. The standard InChI is InChI=1S/C11H19ClN2/c12-7-5-3-1-2-4-6-9-14-10-8-13-11-14/h8,10-11H,1-7,9H2. The summed E-state index contributed by atoms with van der Waals surface area (Å²) in [5.74, 6) is 0.815. The predicted octanol–water partition coefficient (Wildman–Crippen LogP) is 3.46. The lowest BCUT2D eigenvalue weighted by Gasteiger charge is -2.01. The molecule has 0 saturated carbocycles. The van der Waals surface area contributed by atoms with Crippen LogP contribution in [0, 0.1) is 0 Å². The van der Waals surface area contributed by atoms with Gasteiger partial charge in [-0.05, 0) is 12.8 Å². The molecule has 0 aliphatic rings. The third-order valence-corrected chi connectivity index (χ3v) is 2.63. The fourth-order valence-electron chi connectivity index (χ4n) is 1.51. The normalized spacial score (nSPS) is 10.6. The smallest absolute Gasteiger partial charge is 0.0945 e. The van der Waals surface area contributed by atoms with Gasteiger partial charge in [0.25, 0.3) is 0 Å².